The van der Waals surface area contributed by atoms with Gasteiger partial charge in [-0.1, -0.05) is 0 Å². The van der Waals surface area contributed by atoms with Crippen molar-refractivity contribution < 1.29 is 36.3 Å². The maximum absolute atomic E-state index is 14.8. The molecule has 1 unspecified atom stereocenters. The summed E-state index contributed by atoms with van der Waals surface area (Å²) in [5.74, 6) is -2.36. The highest BCUT2D eigenvalue weighted by Crippen LogP contribution is 2.28. The van der Waals surface area contributed by atoms with Gasteiger partial charge >= 0.3 is 0 Å². The molecule has 35 heavy (non-hydrogen) atoms. The minimum atomic E-state index is -3.98. The number of amides is 1. The molecule has 1 N–H and O–H groups in total. The summed E-state index contributed by atoms with van der Waals surface area (Å²) in [5, 5.41) is 0. The average molecular weight is 515 g/mol. The summed E-state index contributed by atoms with van der Waals surface area (Å²) < 4.78 is 63.4. The van der Waals surface area contributed by atoms with E-state index < -0.39 is 44.0 Å². The van der Waals surface area contributed by atoms with E-state index in [1.165, 1.54) is 26.2 Å². The molecule has 1 aromatic carbocycles. The van der Waals surface area contributed by atoms with Crippen LogP contribution in [0.25, 0.3) is 11.1 Å². The number of ether oxygens (including phenoxy) is 2. The van der Waals surface area contributed by atoms with Crippen LogP contribution < -0.4 is 15.8 Å². The first-order chi connectivity index (χ1) is 16.5. The number of carbonyl (C=O) groups is 1. The van der Waals surface area contributed by atoms with Crippen molar-refractivity contribution in [1.82, 2.24) is 10.0 Å². The Morgan fingerprint density at radius 2 is 1.97 bits per heavy atom. The maximum Gasteiger partial charge on any atom is 0.264 e. The van der Waals surface area contributed by atoms with Gasteiger partial charge in [-0.2, -0.15) is 0 Å². The summed E-state index contributed by atoms with van der Waals surface area (Å²) in [5.41, 5.74) is 1.07. The largest absolute Gasteiger partial charge is 0.497 e. The molecule has 192 valence electrons. The number of aromatic nitrogens is 1. The summed E-state index contributed by atoms with van der Waals surface area (Å²) in [4.78, 5) is 30.6. The number of nitrogens with zero attached hydrogens (tertiary/aromatic N) is 1. The third kappa shape index (κ3) is 6.06. The van der Waals surface area contributed by atoms with E-state index in [1.807, 2.05) is 0 Å². The standard InChI is InChI=1S/C23H28F2N2O7S/c1-23(35(3,30)31,22(29)26-34-21-6-4-5-11-33-21)9-10-27-14-19(25)17(13-20(27)28)16-8-7-15(32-2)12-18(16)24/h7-8,12-14,21H,4-6,9-11H2,1-3H3,(H,26,29)/t21?,23-/m1/s1. The lowest BCUT2D eigenvalue weighted by Crippen LogP contribution is -2.51. The van der Waals surface area contributed by atoms with Crippen molar-refractivity contribution in [2.45, 2.75) is 50.2 Å². The van der Waals surface area contributed by atoms with Crippen molar-refractivity contribution in [1.29, 1.82) is 0 Å². The van der Waals surface area contributed by atoms with Gasteiger partial charge < -0.3 is 14.0 Å². The quantitative estimate of drug-likeness (QED) is 0.512. The first-order valence-corrected chi connectivity index (χ1v) is 12.9. The van der Waals surface area contributed by atoms with Crippen molar-refractivity contribution in [3.8, 4) is 16.9 Å². The molecule has 0 radical (unpaired) electrons. The fourth-order valence-corrected chi connectivity index (χ4v) is 4.44. The minimum Gasteiger partial charge on any atom is -0.497 e. The lowest BCUT2D eigenvalue weighted by Gasteiger charge is -2.28. The number of aryl methyl sites for hydroxylation is 1. The van der Waals surface area contributed by atoms with Gasteiger partial charge in [-0.25, -0.2) is 27.5 Å². The number of sulfone groups is 1. The Morgan fingerprint density at radius 1 is 1.23 bits per heavy atom. The van der Waals surface area contributed by atoms with Crippen LogP contribution in [-0.4, -0.2) is 49.9 Å². The molecular weight excluding hydrogens is 486 g/mol. The van der Waals surface area contributed by atoms with Crippen LogP contribution in [0.15, 0.2) is 35.3 Å². The van der Waals surface area contributed by atoms with Crippen LogP contribution in [0.3, 0.4) is 0 Å². The third-order valence-electron chi connectivity index (χ3n) is 6.09. The van der Waals surface area contributed by atoms with Gasteiger partial charge in [-0.15, -0.1) is 0 Å². The second-order valence-corrected chi connectivity index (χ2v) is 11.0. The van der Waals surface area contributed by atoms with Crippen molar-refractivity contribution in [2.75, 3.05) is 20.0 Å². The molecular formula is C23H28F2N2O7S. The van der Waals surface area contributed by atoms with Gasteiger partial charge in [0.25, 0.3) is 11.5 Å². The summed E-state index contributed by atoms with van der Waals surface area (Å²) in [6.45, 7) is 1.37. The zero-order valence-electron chi connectivity index (χ0n) is 19.7. The molecule has 1 amide bonds. The average Bonchev–Trinajstić information content (AvgIpc) is 2.82. The number of hydrogen-bond acceptors (Lipinski definition) is 7. The number of halogens is 2. The molecule has 0 spiro atoms. The van der Waals surface area contributed by atoms with Crippen LogP contribution in [0.5, 0.6) is 5.75 Å². The maximum atomic E-state index is 14.8. The van der Waals surface area contributed by atoms with Gasteiger partial charge in [-0.05, 0) is 38.3 Å². The number of nitrogens with one attached hydrogen (secondary N) is 1. The van der Waals surface area contributed by atoms with Crippen molar-refractivity contribution in [3.63, 3.8) is 0 Å². The normalized spacial score (nSPS) is 18.0. The number of methoxy groups -OCH3 is 1. The molecule has 1 fully saturated rings. The van der Waals surface area contributed by atoms with Crippen LogP contribution in [0.1, 0.15) is 32.6 Å². The molecule has 2 atom stereocenters. The fourth-order valence-electron chi connectivity index (χ4n) is 3.60. The number of hydrogen-bond donors (Lipinski definition) is 1. The smallest absolute Gasteiger partial charge is 0.264 e. The molecule has 1 aliphatic heterocycles. The van der Waals surface area contributed by atoms with E-state index in [1.54, 1.807) is 0 Å². The Morgan fingerprint density at radius 3 is 2.57 bits per heavy atom. The molecule has 3 rings (SSSR count). The van der Waals surface area contributed by atoms with Gasteiger partial charge in [0.05, 0.1) is 7.11 Å². The van der Waals surface area contributed by atoms with Gasteiger partial charge in [0.1, 0.15) is 17.4 Å². The highest BCUT2D eigenvalue weighted by molar-refractivity contribution is 7.92. The summed E-state index contributed by atoms with van der Waals surface area (Å²) in [6.07, 6.45) is 2.97. The highest BCUT2D eigenvalue weighted by atomic mass is 32.2. The molecule has 0 aliphatic carbocycles. The molecule has 12 heteroatoms. The van der Waals surface area contributed by atoms with E-state index in [0.717, 1.165) is 42.0 Å². The molecule has 1 saturated heterocycles. The number of rotatable bonds is 9. The lowest BCUT2D eigenvalue weighted by atomic mass is 10.0. The Bertz CT molecular complexity index is 1240. The monoisotopic (exact) mass is 514 g/mol. The Labute approximate surface area is 201 Å². The van der Waals surface area contributed by atoms with Crippen LogP contribution >= 0.6 is 0 Å². The fraction of sp³-hybridized carbons (Fsp3) is 0.478. The first-order valence-electron chi connectivity index (χ1n) is 11.0. The van der Waals surface area contributed by atoms with Gasteiger partial charge in [0, 0.05) is 55.3 Å². The second kappa shape index (κ2) is 10.8. The highest BCUT2D eigenvalue weighted by Gasteiger charge is 2.44. The molecule has 9 nitrogen and oxygen atoms in total. The van der Waals surface area contributed by atoms with Gasteiger partial charge in [0.15, 0.2) is 20.9 Å². The van der Waals surface area contributed by atoms with Crippen molar-refractivity contribution >= 4 is 15.7 Å². The van der Waals surface area contributed by atoms with Gasteiger partial charge in [-0.3, -0.25) is 9.59 Å². The number of hydroxylamine groups is 1. The molecule has 1 aliphatic rings. The molecule has 1 aromatic heterocycles. The van der Waals surface area contributed by atoms with Crippen LogP contribution in [0, 0.1) is 11.6 Å². The molecule has 2 aromatic rings. The number of benzene rings is 1. The SMILES string of the molecule is COc1ccc(-c2cc(=O)n(CC[C@](C)(C(=O)NOC3CCCCO3)S(C)(=O)=O)cc2F)c(F)c1. The first kappa shape index (κ1) is 26.8. The second-order valence-electron chi connectivity index (χ2n) is 8.51. The van der Waals surface area contributed by atoms with E-state index >= 15 is 0 Å². The molecule has 2 heterocycles. The van der Waals surface area contributed by atoms with Gasteiger partial charge in [0.2, 0.25) is 0 Å². The van der Waals surface area contributed by atoms with E-state index in [0.29, 0.717) is 13.0 Å². The van der Waals surface area contributed by atoms with Crippen molar-refractivity contribution in [3.05, 3.63) is 52.5 Å². The summed E-state index contributed by atoms with van der Waals surface area (Å²) >= 11 is 0. The van der Waals surface area contributed by atoms with E-state index in [2.05, 4.69) is 5.48 Å². The van der Waals surface area contributed by atoms with Crippen molar-refractivity contribution in [2.24, 2.45) is 0 Å². The summed E-state index contributed by atoms with van der Waals surface area (Å²) in [7, 11) is -2.62. The zero-order chi connectivity index (χ0) is 25.8. The summed E-state index contributed by atoms with van der Waals surface area (Å²) in [6, 6.07) is 4.70. The van der Waals surface area contributed by atoms with E-state index in [9.17, 15) is 26.8 Å². The minimum absolute atomic E-state index is 0.130. The Hall–Kier alpha value is -2.83. The number of pyridine rings is 1. The zero-order valence-corrected chi connectivity index (χ0v) is 20.5. The Balaban J connectivity index is 1.79. The predicted molar refractivity (Wildman–Crippen MR) is 123 cm³/mol. The third-order valence-corrected chi connectivity index (χ3v) is 8.12. The van der Waals surface area contributed by atoms with E-state index in [4.69, 9.17) is 14.3 Å². The van der Waals surface area contributed by atoms with E-state index in [-0.39, 0.29) is 29.8 Å². The van der Waals surface area contributed by atoms with Crippen LogP contribution in [0.2, 0.25) is 0 Å². The van der Waals surface area contributed by atoms with Crippen LogP contribution in [0.4, 0.5) is 8.78 Å². The molecule has 0 saturated carbocycles. The van der Waals surface area contributed by atoms with Crippen LogP contribution in [-0.2, 0) is 30.8 Å². The Kier molecular flexibility index (Phi) is 8.29. The lowest BCUT2D eigenvalue weighted by molar-refractivity contribution is -0.201. The topological polar surface area (TPSA) is 113 Å². The predicted octanol–water partition coefficient (Wildman–Crippen LogP) is 2.57. The molecule has 0 bridgehead atoms. The number of carbonyl (C=O) groups excluding carboxylic acids is 1.